The molecule has 1 unspecified atom stereocenters. The molecule has 7 heteroatoms. The van der Waals surface area contributed by atoms with Crippen LogP contribution in [0.2, 0.25) is 5.02 Å². The van der Waals surface area contributed by atoms with Gasteiger partial charge in [0.15, 0.2) is 0 Å². The Morgan fingerprint density at radius 3 is 2.67 bits per heavy atom. The number of rotatable bonds is 2. The van der Waals surface area contributed by atoms with Crippen molar-refractivity contribution in [3.05, 3.63) is 34.9 Å². The van der Waals surface area contributed by atoms with Crippen LogP contribution >= 0.6 is 24.0 Å². The van der Waals surface area contributed by atoms with Crippen LogP contribution in [0.5, 0.6) is 0 Å². The van der Waals surface area contributed by atoms with E-state index in [4.69, 9.17) is 11.6 Å². The monoisotopic (exact) mass is 310 g/mol. The minimum absolute atomic E-state index is 0. The fourth-order valence-electron chi connectivity index (χ4n) is 2.09. The molecule has 1 atom stereocenters. The summed E-state index contributed by atoms with van der Waals surface area (Å²) in [5, 5.41) is 3.80. The quantitative estimate of drug-likeness (QED) is 0.904. The third-order valence-electron chi connectivity index (χ3n) is 2.88. The third kappa shape index (κ3) is 3.36. The first-order chi connectivity index (χ1) is 8.00. The maximum atomic E-state index is 11.7. The number of halogens is 2. The van der Waals surface area contributed by atoms with Crippen molar-refractivity contribution in [1.82, 2.24) is 9.62 Å². The molecule has 0 spiro atoms. The molecule has 1 aromatic rings. The molecule has 0 radical (unpaired) electrons. The van der Waals surface area contributed by atoms with Gasteiger partial charge in [-0.05, 0) is 11.6 Å². The average molecular weight is 311 g/mol. The van der Waals surface area contributed by atoms with Gasteiger partial charge in [0.05, 0.1) is 12.3 Å². The molecule has 0 aliphatic carbocycles. The van der Waals surface area contributed by atoms with E-state index in [1.54, 1.807) is 6.07 Å². The largest absolute Gasteiger partial charge is 0.313 e. The Kier molecular flexibility index (Phi) is 5.43. The normalized spacial score (nSPS) is 21.3. The van der Waals surface area contributed by atoms with Gasteiger partial charge < -0.3 is 5.32 Å². The molecule has 0 saturated carbocycles. The summed E-state index contributed by atoms with van der Waals surface area (Å²) in [6.45, 7) is 1.75. The number of hydrogen-bond acceptors (Lipinski definition) is 3. The zero-order valence-corrected chi connectivity index (χ0v) is 12.4. The first-order valence-corrected chi connectivity index (χ1v) is 7.65. The van der Waals surface area contributed by atoms with E-state index in [2.05, 4.69) is 5.32 Å². The molecule has 1 saturated heterocycles. The van der Waals surface area contributed by atoms with Crippen molar-refractivity contribution in [2.75, 3.05) is 25.9 Å². The molecular formula is C11H16Cl2N2O2S. The molecular weight excluding hydrogens is 295 g/mol. The predicted octanol–water partition coefficient (Wildman–Crippen LogP) is 1.67. The van der Waals surface area contributed by atoms with E-state index in [-0.39, 0.29) is 18.4 Å². The van der Waals surface area contributed by atoms with E-state index < -0.39 is 10.0 Å². The van der Waals surface area contributed by atoms with Crippen LogP contribution in [-0.4, -0.2) is 38.6 Å². The lowest BCUT2D eigenvalue weighted by Crippen LogP contribution is -2.48. The fraction of sp³-hybridized carbons (Fsp3) is 0.455. The standard InChI is InChI=1S/C11H15ClN2O2S.ClH/c1-17(15,16)14-7-6-13-8-11(14)9-4-2-3-5-10(9)12;/h2-5,11,13H,6-8H2,1H3;1H. The van der Waals surface area contributed by atoms with Crippen LogP contribution in [0, 0.1) is 0 Å². The van der Waals surface area contributed by atoms with E-state index in [1.807, 2.05) is 18.2 Å². The third-order valence-corrected chi connectivity index (χ3v) is 4.52. The van der Waals surface area contributed by atoms with E-state index in [1.165, 1.54) is 10.6 Å². The maximum absolute atomic E-state index is 11.7. The molecule has 2 rings (SSSR count). The van der Waals surface area contributed by atoms with E-state index in [9.17, 15) is 8.42 Å². The van der Waals surface area contributed by atoms with Crippen molar-refractivity contribution in [3.63, 3.8) is 0 Å². The van der Waals surface area contributed by atoms with Crippen molar-refractivity contribution in [3.8, 4) is 0 Å². The minimum atomic E-state index is -3.21. The van der Waals surface area contributed by atoms with E-state index in [0.29, 0.717) is 24.7 Å². The SMILES string of the molecule is CS(=O)(=O)N1CCNCC1c1ccccc1Cl.Cl. The number of nitrogens with zero attached hydrogens (tertiary/aromatic N) is 1. The van der Waals surface area contributed by atoms with Gasteiger partial charge in [0, 0.05) is 24.7 Å². The lowest BCUT2D eigenvalue weighted by Gasteiger charge is -2.34. The molecule has 1 heterocycles. The second-order valence-corrected chi connectivity index (χ2v) is 6.46. The number of piperazine rings is 1. The van der Waals surface area contributed by atoms with Crippen molar-refractivity contribution in [1.29, 1.82) is 0 Å². The number of benzene rings is 1. The van der Waals surface area contributed by atoms with Crippen LogP contribution in [-0.2, 0) is 10.0 Å². The van der Waals surface area contributed by atoms with Gasteiger partial charge in [-0.2, -0.15) is 4.31 Å². The summed E-state index contributed by atoms with van der Waals surface area (Å²) in [6.07, 6.45) is 1.24. The molecule has 1 fully saturated rings. The van der Waals surface area contributed by atoms with Crippen LogP contribution in [0.15, 0.2) is 24.3 Å². The Balaban J connectivity index is 0.00000162. The Labute approximate surface area is 119 Å². The van der Waals surface area contributed by atoms with Crippen molar-refractivity contribution < 1.29 is 8.42 Å². The highest BCUT2D eigenvalue weighted by Crippen LogP contribution is 2.29. The van der Waals surface area contributed by atoms with Crippen molar-refractivity contribution in [2.45, 2.75) is 6.04 Å². The van der Waals surface area contributed by atoms with Gasteiger partial charge in [-0.25, -0.2) is 8.42 Å². The molecule has 102 valence electrons. The van der Waals surface area contributed by atoms with Gasteiger partial charge in [0.1, 0.15) is 0 Å². The summed E-state index contributed by atoms with van der Waals surface area (Å²) < 4.78 is 25.0. The van der Waals surface area contributed by atoms with E-state index in [0.717, 1.165) is 5.56 Å². The molecule has 4 nitrogen and oxygen atoms in total. The second kappa shape index (κ2) is 6.21. The highest BCUT2D eigenvalue weighted by atomic mass is 35.5. The average Bonchev–Trinajstić information content (AvgIpc) is 2.28. The topological polar surface area (TPSA) is 49.4 Å². The Morgan fingerprint density at radius 2 is 2.06 bits per heavy atom. The molecule has 1 N–H and O–H groups in total. The summed E-state index contributed by atoms with van der Waals surface area (Å²) in [5.41, 5.74) is 0.854. The lowest BCUT2D eigenvalue weighted by atomic mass is 10.1. The fourth-order valence-corrected chi connectivity index (χ4v) is 3.43. The minimum Gasteiger partial charge on any atom is -0.313 e. The number of nitrogens with one attached hydrogen (secondary N) is 1. The summed E-state index contributed by atoms with van der Waals surface area (Å²) in [6, 6.07) is 7.15. The van der Waals surface area contributed by atoms with Gasteiger partial charge in [0.25, 0.3) is 0 Å². The summed E-state index contributed by atoms with van der Waals surface area (Å²) in [4.78, 5) is 0. The Morgan fingerprint density at radius 1 is 1.39 bits per heavy atom. The first kappa shape index (κ1) is 15.7. The second-order valence-electron chi connectivity index (χ2n) is 4.12. The lowest BCUT2D eigenvalue weighted by molar-refractivity contribution is 0.273. The molecule has 0 aromatic heterocycles. The van der Waals surface area contributed by atoms with Crippen LogP contribution in [0.4, 0.5) is 0 Å². The molecule has 1 aliphatic heterocycles. The molecule has 0 bridgehead atoms. The molecule has 1 aromatic carbocycles. The van der Waals surface area contributed by atoms with Crippen LogP contribution < -0.4 is 5.32 Å². The van der Waals surface area contributed by atoms with Crippen molar-refractivity contribution in [2.24, 2.45) is 0 Å². The van der Waals surface area contributed by atoms with Gasteiger partial charge >= 0.3 is 0 Å². The van der Waals surface area contributed by atoms with Gasteiger partial charge in [0.2, 0.25) is 10.0 Å². The highest BCUT2D eigenvalue weighted by Gasteiger charge is 2.31. The maximum Gasteiger partial charge on any atom is 0.211 e. The van der Waals surface area contributed by atoms with Crippen LogP contribution in [0.25, 0.3) is 0 Å². The van der Waals surface area contributed by atoms with Crippen LogP contribution in [0.3, 0.4) is 0 Å². The summed E-state index contributed by atoms with van der Waals surface area (Å²) in [5.74, 6) is 0. The number of sulfonamides is 1. The summed E-state index contributed by atoms with van der Waals surface area (Å²) >= 11 is 6.12. The van der Waals surface area contributed by atoms with Gasteiger partial charge in [-0.3, -0.25) is 0 Å². The highest BCUT2D eigenvalue weighted by molar-refractivity contribution is 7.88. The zero-order chi connectivity index (χ0) is 12.5. The molecule has 18 heavy (non-hydrogen) atoms. The van der Waals surface area contributed by atoms with E-state index >= 15 is 0 Å². The first-order valence-electron chi connectivity index (χ1n) is 5.42. The summed E-state index contributed by atoms with van der Waals surface area (Å²) in [7, 11) is -3.21. The van der Waals surface area contributed by atoms with Crippen molar-refractivity contribution >= 4 is 34.0 Å². The Bertz CT molecular complexity index is 508. The van der Waals surface area contributed by atoms with Crippen LogP contribution in [0.1, 0.15) is 11.6 Å². The zero-order valence-electron chi connectivity index (χ0n) is 9.97. The smallest absolute Gasteiger partial charge is 0.211 e. The molecule has 1 aliphatic rings. The predicted molar refractivity (Wildman–Crippen MR) is 75.9 cm³/mol. The number of hydrogen-bond donors (Lipinski definition) is 1. The van der Waals surface area contributed by atoms with Gasteiger partial charge in [-0.15, -0.1) is 12.4 Å². The Hall–Kier alpha value is -0.330. The molecule has 0 amide bonds. The van der Waals surface area contributed by atoms with Gasteiger partial charge in [-0.1, -0.05) is 29.8 Å².